The molecule has 0 aliphatic carbocycles. The predicted molar refractivity (Wildman–Crippen MR) is 89.6 cm³/mol. The van der Waals surface area contributed by atoms with Gasteiger partial charge >= 0.3 is 12.1 Å². The van der Waals surface area contributed by atoms with E-state index >= 15 is 0 Å². The van der Waals surface area contributed by atoms with E-state index in [0.717, 1.165) is 12.8 Å². The molecule has 1 rings (SSSR count). The molecule has 1 saturated heterocycles. The Labute approximate surface area is 143 Å². The molecule has 7 nitrogen and oxygen atoms in total. The molecule has 138 valence electrons. The second-order valence-electron chi connectivity index (χ2n) is 7.24. The van der Waals surface area contributed by atoms with Gasteiger partial charge < -0.3 is 20.1 Å². The highest BCUT2D eigenvalue weighted by atomic mass is 16.6. The molecule has 0 spiro atoms. The molecule has 0 aromatic rings. The normalized spacial score (nSPS) is 15.9. The Morgan fingerprint density at radius 2 is 1.75 bits per heavy atom. The number of likely N-dealkylation sites (tertiary alicyclic amines) is 1. The van der Waals surface area contributed by atoms with Gasteiger partial charge in [0.05, 0.1) is 0 Å². The Morgan fingerprint density at radius 3 is 2.29 bits per heavy atom. The number of aliphatic carboxylic acids is 1. The third kappa shape index (κ3) is 8.17. The summed E-state index contributed by atoms with van der Waals surface area (Å²) in [5, 5.41) is 11.4. The fourth-order valence-corrected chi connectivity index (χ4v) is 2.58. The summed E-state index contributed by atoms with van der Waals surface area (Å²) in [7, 11) is 0. The summed E-state index contributed by atoms with van der Waals surface area (Å²) < 4.78 is 5.34. The van der Waals surface area contributed by atoms with Crippen molar-refractivity contribution in [3.63, 3.8) is 0 Å². The number of carbonyl (C=O) groups is 3. The molecule has 2 N–H and O–H groups in total. The molecular formula is C17H30N2O5. The number of ether oxygens (including phenoxy) is 1. The first-order chi connectivity index (χ1) is 11.2. The Bertz CT molecular complexity index is 437. The number of piperidine rings is 1. The zero-order valence-electron chi connectivity index (χ0n) is 15.0. The average molecular weight is 342 g/mol. The minimum Gasteiger partial charge on any atom is -0.481 e. The van der Waals surface area contributed by atoms with E-state index in [1.807, 2.05) is 20.8 Å². The van der Waals surface area contributed by atoms with Crippen LogP contribution >= 0.6 is 0 Å². The highest BCUT2D eigenvalue weighted by Crippen LogP contribution is 2.19. The zero-order valence-corrected chi connectivity index (χ0v) is 15.0. The molecule has 0 radical (unpaired) electrons. The minimum atomic E-state index is -0.782. The molecule has 24 heavy (non-hydrogen) atoms. The van der Waals surface area contributed by atoms with Gasteiger partial charge in [0.1, 0.15) is 5.60 Å². The first-order valence-electron chi connectivity index (χ1n) is 8.66. The largest absolute Gasteiger partial charge is 0.481 e. The van der Waals surface area contributed by atoms with E-state index < -0.39 is 11.6 Å². The monoisotopic (exact) mass is 342 g/mol. The van der Waals surface area contributed by atoms with E-state index in [9.17, 15) is 14.4 Å². The van der Waals surface area contributed by atoms with Crippen LogP contribution in [0.5, 0.6) is 0 Å². The molecule has 1 aliphatic heterocycles. The zero-order chi connectivity index (χ0) is 18.2. The van der Waals surface area contributed by atoms with Crippen LogP contribution in [0.1, 0.15) is 59.3 Å². The van der Waals surface area contributed by atoms with Crippen molar-refractivity contribution in [2.24, 2.45) is 5.92 Å². The number of hydrogen-bond donors (Lipinski definition) is 2. The molecule has 0 aromatic heterocycles. The maximum atomic E-state index is 12.1. The molecule has 2 amide bonds. The van der Waals surface area contributed by atoms with Crippen molar-refractivity contribution in [3.05, 3.63) is 0 Å². The number of amides is 2. The number of carboxylic acid groups (broad SMARTS) is 1. The Hall–Kier alpha value is -1.79. The smallest absolute Gasteiger partial charge is 0.410 e. The summed E-state index contributed by atoms with van der Waals surface area (Å²) in [5.74, 6) is -0.824. The fraction of sp³-hybridized carbons (Fsp3) is 0.824. The Morgan fingerprint density at radius 1 is 1.12 bits per heavy atom. The molecule has 0 atom stereocenters. The Balaban J connectivity index is 2.19. The van der Waals surface area contributed by atoms with Crippen LogP contribution in [0.3, 0.4) is 0 Å². The SMILES string of the molecule is CC(C)(C)OC(=O)N1CCC(C(=O)NCCCCCC(=O)O)CC1. The van der Waals surface area contributed by atoms with Crippen molar-refractivity contribution in [3.8, 4) is 0 Å². The van der Waals surface area contributed by atoms with Crippen LogP contribution in [0.15, 0.2) is 0 Å². The highest BCUT2D eigenvalue weighted by molar-refractivity contribution is 5.79. The molecule has 1 aliphatic rings. The van der Waals surface area contributed by atoms with Gasteiger partial charge in [0.2, 0.25) is 5.91 Å². The Kier molecular flexibility index (Phi) is 8.01. The third-order valence-corrected chi connectivity index (χ3v) is 3.88. The standard InChI is InChI=1S/C17H30N2O5/c1-17(2,3)24-16(23)19-11-8-13(9-12-19)15(22)18-10-6-4-5-7-14(20)21/h13H,4-12H2,1-3H3,(H,18,22)(H,20,21). The van der Waals surface area contributed by atoms with Crippen molar-refractivity contribution in [1.29, 1.82) is 0 Å². The van der Waals surface area contributed by atoms with Crippen LogP contribution < -0.4 is 5.32 Å². The fourth-order valence-electron chi connectivity index (χ4n) is 2.58. The summed E-state index contributed by atoms with van der Waals surface area (Å²) in [6.45, 7) is 7.15. The number of unbranched alkanes of at least 4 members (excludes halogenated alkanes) is 2. The first-order valence-corrected chi connectivity index (χ1v) is 8.66. The number of nitrogens with zero attached hydrogens (tertiary/aromatic N) is 1. The first kappa shape index (κ1) is 20.3. The van der Waals surface area contributed by atoms with Gasteiger partial charge in [-0.2, -0.15) is 0 Å². The molecule has 0 saturated carbocycles. The van der Waals surface area contributed by atoms with Crippen LogP contribution in [-0.2, 0) is 14.3 Å². The quantitative estimate of drug-likeness (QED) is 0.693. The average Bonchev–Trinajstić information content (AvgIpc) is 2.48. The van der Waals surface area contributed by atoms with Crippen LogP contribution in [0.25, 0.3) is 0 Å². The molecule has 0 aromatic carbocycles. The van der Waals surface area contributed by atoms with Gasteiger partial charge in [-0.25, -0.2) is 4.79 Å². The summed E-state index contributed by atoms with van der Waals surface area (Å²) in [4.78, 5) is 36.1. The summed E-state index contributed by atoms with van der Waals surface area (Å²) in [6, 6.07) is 0. The van der Waals surface area contributed by atoms with Gasteiger partial charge in [0.25, 0.3) is 0 Å². The van der Waals surface area contributed by atoms with Gasteiger partial charge in [-0.05, 0) is 46.5 Å². The molecule has 0 bridgehead atoms. The lowest BCUT2D eigenvalue weighted by Gasteiger charge is -2.32. The van der Waals surface area contributed by atoms with E-state index in [2.05, 4.69) is 5.32 Å². The van der Waals surface area contributed by atoms with Crippen molar-refractivity contribution in [2.45, 2.75) is 64.9 Å². The van der Waals surface area contributed by atoms with E-state index in [0.29, 0.717) is 38.9 Å². The van der Waals surface area contributed by atoms with Gasteiger partial charge in [-0.15, -0.1) is 0 Å². The van der Waals surface area contributed by atoms with Crippen molar-refractivity contribution < 1.29 is 24.2 Å². The predicted octanol–water partition coefficient (Wildman–Crippen LogP) is 2.39. The van der Waals surface area contributed by atoms with E-state index in [1.54, 1.807) is 4.90 Å². The second kappa shape index (κ2) is 9.49. The maximum Gasteiger partial charge on any atom is 0.410 e. The summed E-state index contributed by atoms with van der Waals surface area (Å²) in [6.07, 6.45) is 3.37. The number of rotatable bonds is 7. The van der Waals surface area contributed by atoms with Gasteiger partial charge in [-0.1, -0.05) is 6.42 Å². The third-order valence-electron chi connectivity index (χ3n) is 3.88. The van der Waals surface area contributed by atoms with E-state index in [1.165, 1.54) is 0 Å². The lowest BCUT2D eigenvalue weighted by atomic mass is 9.96. The van der Waals surface area contributed by atoms with Crippen LogP contribution in [0, 0.1) is 5.92 Å². The topological polar surface area (TPSA) is 95.9 Å². The summed E-state index contributed by atoms with van der Waals surface area (Å²) >= 11 is 0. The number of carboxylic acids is 1. The van der Waals surface area contributed by atoms with Crippen LogP contribution in [0.4, 0.5) is 4.79 Å². The van der Waals surface area contributed by atoms with Gasteiger partial charge in [0, 0.05) is 32.0 Å². The van der Waals surface area contributed by atoms with E-state index in [-0.39, 0.29) is 24.3 Å². The van der Waals surface area contributed by atoms with Gasteiger partial charge in [-0.3, -0.25) is 9.59 Å². The number of nitrogens with one attached hydrogen (secondary N) is 1. The van der Waals surface area contributed by atoms with Crippen molar-refractivity contribution in [1.82, 2.24) is 10.2 Å². The summed E-state index contributed by atoms with van der Waals surface area (Å²) in [5.41, 5.74) is -0.508. The number of carbonyl (C=O) groups excluding carboxylic acids is 2. The lowest BCUT2D eigenvalue weighted by molar-refractivity contribution is -0.137. The molecular weight excluding hydrogens is 312 g/mol. The van der Waals surface area contributed by atoms with Crippen molar-refractivity contribution >= 4 is 18.0 Å². The second-order valence-corrected chi connectivity index (χ2v) is 7.24. The van der Waals surface area contributed by atoms with Crippen molar-refractivity contribution in [2.75, 3.05) is 19.6 Å². The molecule has 0 unspecified atom stereocenters. The van der Waals surface area contributed by atoms with Crippen LogP contribution in [0.2, 0.25) is 0 Å². The maximum absolute atomic E-state index is 12.1. The van der Waals surface area contributed by atoms with Gasteiger partial charge in [0.15, 0.2) is 0 Å². The minimum absolute atomic E-state index is 0.0251. The van der Waals surface area contributed by atoms with Crippen LogP contribution in [-0.4, -0.2) is 53.2 Å². The van der Waals surface area contributed by atoms with E-state index in [4.69, 9.17) is 9.84 Å². The molecule has 1 heterocycles. The number of hydrogen-bond acceptors (Lipinski definition) is 4. The highest BCUT2D eigenvalue weighted by Gasteiger charge is 2.29. The molecule has 1 fully saturated rings. The lowest BCUT2D eigenvalue weighted by Crippen LogP contribution is -2.45. The molecule has 7 heteroatoms.